The molecule has 1 N–H and O–H groups in total. The van der Waals surface area contributed by atoms with Crippen molar-refractivity contribution in [2.75, 3.05) is 0 Å². The van der Waals surface area contributed by atoms with E-state index in [-0.39, 0.29) is 12.5 Å². The molecule has 0 aliphatic rings. The summed E-state index contributed by atoms with van der Waals surface area (Å²) < 4.78 is 10.7. The summed E-state index contributed by atoms with van der Waals surface area (Å²) >= 11 is 0. The number of carboxylic acid groups (broad SMARTS) is 1. The minimum atomic E-state index is -1.01. The predicted molar refractivity (Wildman–Crippen MR) is 75.8 cm³/mol. The van der Waals surface area contributed by atoms with Crippen LogP contribution in [0.3, 0.4) is 0 Å². The molecule has 0 unspecified atom stereocenters. The van der Waals surface area contributed by atoms with E-state index in [1.165, 1.54) is 6.08 Å². The molecule has 6 heteroatoms. The Morgan fingerprint density at radius 1 is 1.43 bits per heavy atom. The Morgan fingerprint density at radius 3 is 2.86 bits per heavy atom. The van der Waals surface area contributed by atoms with Crippen LogP contribution >= 0.6 is 0 Å². The Morgan fingerprint density at radius 2 is 2.19 bits per heavy atom. The molecule has 0 radical (unpaired) electrons. The van der Waals surface area contributed by atoms with Gasteiger partial charge in [-0.2, -0.15) is 4.98 Å². The first-order chi connectivity index (χ1) is 10.1. The van der Waals surface area contributed by atoms with Crippen LogP contribution in [0.1, 0.15) is 37.0 Å². The van der Waals surface area contributed by atoms with Crippen molar-refractivity contribution in [3.63, 3.8) is 0 Å². The molecule has 2 aromatic rings. The summed E-state index contributed by atoms with van der Waals surface area (Å²) in [6, 6.07) is 7.13. The molecule has 0 aliphatic heterocycles. The molecule has 6 nitrogen and oxygen atoms in total. The Balaban J connectivity index is 2.07. The second-order valence-electron chi connectivity index (χ2n) is 4.70. The summed E-state index contributed by atoms with van der Waals surface area (Å²) in [6.07, 6.45) is 2.54. The van der Waals surface area contributed by atoms with E-state index in [1.807, 2.05) is 13.8 Å². The number of benzene rings is 1. The van der Waals surface area contributed by atoms with E-state index in [0.29, 0.717) is 23.0 Å². The van der Waals surface area contributed by atoms with Gasteiger partial charge in [-0.25, -0.2) is 4.79 Å². The molecule has 0 spiro atoms. The quantitative estimate of drug-likeness (QED) is 0.823. The summed E-state index contributed by atoms with van der Waals surface area (Å²) in [5.74, 6) is 0.749. The first-order valence-electron chi connectivity index (χ1n) is 6.51. The molecule has 2 rings (SSSR count). The zero-order chi connectivity index (χ0) is 15.2. The van der Waals surface area contributed by atoms with Crippen LogP contribution in [0, 0.1) is 0 Å². The highest BCUT2D eigenvalue weighted by atomic mass is 16.5. The van der Waals surface area contributed by atoms with Crippen molar-refractivity contribution in [2.45, 2.75) is 26.4 Å². The van der Waals surface area contributed by atoms with Gasteiger partial charge in [-0.3, -0.25) is 0 Å². The number of nitrogens with zero attached hydrogens (tertiary/aromatic N) is 2. The lowest BCUT2D eigenvalue weighted by Gasteiger charge is -2.06. The van der Waals surface area contributed by atoms with Crippen LogP contribution in [0.25, 0.3) is 6.08 Å². The molecule has 1 heterocycles. The number of aromatic nitrogens is 2. The standard InChI is InChI=1S/C15H16N2O4/c1-10(2)15-16-13(21-17-15)9-20-12-6-4-3-5-11(12)7-8-14(18)19/h3-8,10H,9H2,1-2H3,(H,18,19). The molecule has 0 bridgehead atoms. The van der Waals surface area contributed by atoms with Crippen molar-refractivity contribution in [2.24, 2.45) is 0 Å². The second kappa shape index (κ2) is 6.69. The summed E-state index contributed by atoms with van der Waals surface area (Å²) in [4.78, 5) is 14.8. The lowest BCUT2D eigenvalue weighted by Crippen LogP contribution is -1.98. The molecular formula is C15H16N2O4. The largest absolute Gasteiger partial charge is 0.483 e. The third-order valence-corrected chi connectivity index (χ3v) is 2.68. The average Bonchev–Trinajstić information content (AvgIpc) is 2.93. The van der Waals surface area contributed by atoms with Gasteiger partial charge in [0.1, 0.15) is 5.75 Å². The predicted octanol–water partition coefficient (Wildman–Crippen LogP) is 2.87. The van der Waals surface area contributed by atoms with Crippen LogP contribution in [0.15, 0.2) is 34.9 Å². The minimum absolute atomic E-state index is 0.137. The Kier molecular flexibility index (Phi) is 4.71. The van der Waals surface area contributed by atoms with Gasteiger partial charge in [-0.15, -0.1) is 0 Å². The van der Waals surface area contributed by atoms with E-state index < -0.39 is 5.97 Å². The van der Waals surface area contributed by atoms with Crippen molar-refractivity contribution in [3.8, 4) is 5.75 Å². The minimum Gasteiger partial charge on any atom is -0.483 e. The van der Waals surface area contributed by atoms with Crippen LogP contribution in [0.4, 0.5) is 0 Å². The van der Waals surface area contributed by atoms with E-state index in [1.54, 1.807) is 24.3 Å². The van der Waals surface area contributed by atoms with Crippen LogP contribution < -0.4 is 4.74 Å². The lowest BCUT2D eigenvalue weighted by molar-refractivity contribution is -0.131. The third-order valence-electron chi connectivity index (χ3n) is 2.68. The molecule has 0 saturated heterocycles. The number of aliphatic carboxylic acids is 1. The normalized spacial score (nSPS) is 11.2. The Hall–Kier alpha value is -2.63. The molecule has 21 heavy (non-hydrogen) atoms. The second-order valence-corrected chi connectivity index (χ2v) is 4.70. The molecule has 1 aromatic carbocycles. The third kappa shape index (κ3) is 4.17. The first-order valence-corrected chi connectivity index (χ1v) is 6.51. The van der Waals surface area contributed by atoms with Crippen LogP contribution in [-0.2, 0) is 11.4 Å². The van der Waals surface area contributed by atoms with Crippen molar-refractivity contribution in [1.29, 1.82) is 0 Å². The van der Waals surface area contributed by atoms with E-state index in [4.69, 9.17) is 14.4 Å². The lowest BCUT2D eigenvalue weighted by atomic mass is 10.2. The summed E-state index contributed by atoms with van der Waals surface area (Å²) in [5, 5.41) is 12.5. The zero-order valence-corrected chi connectivity index (χ0v) is 11.8. The fourth-order valence-electron chi connectivity index (χ4n) is 1.61. The molecular weight excluding hydrogens is 272 g/mol. The smallest absolute Gasteiger partial charge is 0.328 e. The van der Waals surface area contributed by atoms with Crippen LogP contribution in [0.2, 0.25) is 0 Å². The maximum absolute atomic E-state index is 10.6. The molecule has 1 aromatic heterocycles. The monoisotopic (exact) mass is 288 g/mol. The van der Waals surface area contributed by atoms with Crippen LogP contribution in [-0.4, -0.2) is 21.2 Å². The van der Waals surface area contributed by atoms with E-state index >= 15 is 0 Å². The van der Waals surface area contributed by atoms with Gasteiger partial charge >= 0.3 is 5.97 Å². The Labute approximate surface area is 122 Å². The molecule has 0 fully saturated rings. The topological polar surface area (TPSA) is 85.5 Å². The molecule has 0 saturated carbocycles. The van der Waals surface area contributed by atoms with E-state index in [2.05, 4.69) is 10.1 Å². The van der Waals surface area contributed by atoms with E-state index in [0.717, 1.165) is 6.08 Å². The maximum atomic E-state index is 10.6. The summed E-state index contributed by atoms with van der Waals surface area (Å²) in [7, 11) is 0. The number of rotatable bonds is 6. The van der Waals surface area contributed by atoms with Gasteiger partial charge in [-0.05, 0) is 12.1 Å². The fraction of sp³-hybridized carbons (Fsp3) is 0.267. The van der Waals surface area contributed by atoms with Crippen molar-refractivity contribution in [3.05, 3.63) is 47.6 Å². The van der Waals surface area contributed by atoms with Gasteiger partial charge in [0.25, 0.3) is 5.89 Å². The SMILES string of the molecule is CC(C)c1noc(COc2ccccc2C=CC(=O)O)n1. The molecule has 0 atom stereocenters. The first kappa shape index (κ1) is 14.8. The highest BCUT2D eigenvalue weighted by Gasteiger charge is 2.10. The average molecular weight is 288 g/mol. The van der Waals surface area contributed by atoms with Crippen LogP contribution in [0.5, 0.6) is 5.75 Å². The van der Waals surface area contributed by atoms with Gasteiger partial charge in [0.2, 0.25) is 0 Å². The molecule has 0 amide bonds. The van der Waals surface area contributed by atoms with Gasteiger partial charge in [0, 0.05) is 17.6 Å². The highest BCUT2D eigenvalue weighted by molar-refractivity contribution is 5.85. The molecule has 0 aliphatic carbocycles. The number of hydrogen-bond acceptors (Lipinski definition) is 5. The number of hydrogen-bond donors (Lipinski definition) is 1. The number of carbonyl (C=O) groups is 1. The zero-order valence-electron chi connectivity index (χ0n) is 11.8. The number of para-hydroxylation sites is 1. The Bertz CT molecular complexity index is 647. The molecule has 110 valence electrons. The maximum Gasteiger partial charge on any atom is 0.328 e. The van der Waals surface area contributed by atoms with Crippen molar-refractivity contribution >= 4 is 12.0 Å². The van der Waals surface area contributed by atoms with E-state index in [9.17, 15) is 4.79 Å². The summed E-state index contributed by atoms with van der Waals surface area (Å²) in [5.41, 5.74) is 0.670. The number of carboxylic acids is 1. The van der Waals surface area contributed by atoms with Crippen molar-refractivity contribution in [1.82, 2.24) is 10.1 Å². The van der Waals surface area contributed by atoms with Crippen molar-refractivity contribution < 1.29 is 19.2 Å². The fourth-order valence-corrected chi connectivity index (χ4v) is 1.61. The van der Waals surface area contributed by atoms with Gasteiger partial charge < -0.3 is 14.4 Å². The van der Waals surface area contributed by atoms with Gasteiger partial charge in [-0.1, -0.05) is 37.2 Å². The number of ether oxygens (including phenoxy) is 1. The summed E-state index contributed by atoms with van der Waals surface area (Å²) in [6.45, 7) is 4.08. The van der Waals surface area contributed by atoms with Gasteiger partial charge in [0.05, 0.1) is 0 Å². The van der Waals surface area contributed by atoms with Gasteiger partial charge in [0.15, 0.2) is 12.4 Å². The highest BCUT2D eigenvalue weighted by Crippen LogP contribution is 2.21.